The fourth-order valence-electron chi connectivity index (χ4n) is 2.02. The van der Waals surface area contributed by atoms with Gasteiger partial charge < -0.3 is 10.8 Å². The van der Waals surface area contributed by atoms with Crippen molar-refractivity contribution in [1.29, 1.82) is 0 Å². The third-order valence-corrected chi connectivity index (χ3v) is 2.95. The van der Waals surface area contributed by atoms with E-state index in [-0.39, 0.29) is 12.4 Å². The highest BCUT2D eigenvalue weighted by atomic mass is 35.5. The summed E-state index contributed by atoms with van der Waals surface area (Å²) in [6, 6.07) is 7.85. The first kappa shape index (κ1) is 13.3. The zero-order valence-electron chi connectivity index (χ0n) is 9.30. The summed E-state index contributed by atoms with van der Waals surface area (Å²) in [5.74, 6) is 0.348. The molecule has 0 spiro atoms. The first-order valence-electron chi connectivity index (χ1n) is 5.50. The van der Waals surface area contributed by atoms with Crippen LogP contribution in [0.5, 0.6) is 5.75 Å². The molecule has 1 aromatic rings. The maximum absolute atomic E-state index is 9.35. The van der Waals surface area contributed by atoms with Crippen LogP contribution in [0.3, 0.4) is 0 Å². The van der Waals surface area contributed by atoms with Gasteiger partial charge >= 0.3 is 0 Å². The van der Waals surface area contributed by atoms with Gasteiger partial charge in [0.15, 0.2) is 0 Å². The summed E-state index contributed by atoms with van der Waals surface area (Å²) < 4.78 is 0. The Bertz CT molecular complexity index is 325. The summed E-state index contributed by atoms with van der Waals surface area (Å²) in [4.78, 5) is 2.39. The van der Waals surface area contributed by atoms with E-state index >= 15 is 0 Å². The fourth-order valence-corrected chi connectivity index (χ4v) is 2.02. The zero-order chi connectivity index (χ0) is 10.7. The van der Waals surface area contributed by atoms with Gasteiger partial charge in [0.1, 0.15) is 5.75 Å². The standard InChI is InChI=1S/C12H18N2O.ClH/c13-11-4-6-14(7-5-11)9-10-2-1-3-12(15)8-10;/h1-3,8,11,15H,4-7,9,13H2;1H. The van der Waals surface area contributed by atoms with E-state index in [4.69, 9.17) is 5.73 Å². The molecule has 0 atom stereocenters. The first-order chi connectivity index (χ1) is 7.24. The molecule has 0 bridgehead atoms. The van der Waals surface area contributed by atoms with E-state index in [1.54, 1.807) is 6.07 Å². The second kappa shape index (κ2) is 6.09. The van der Waals surface area contributed by atoms with E-state index in [9.17, 15) is 5.11 Å². The molecule has 1 heterocycles. The molecule has 1 saturated heterocycles. The predicted molar refractivity (Wildman–Crippen MR) is 67.8 cm³/mol. The maximum Gasteiger partial charge on any atom is 0.115 e. The zero-order valence-corrected chi connectivity index (χ0v) is 10.1. The lowest BCUT2D eigenvalue weighted by Crippen LogP contribution is -2.39. The van der Waals surface area contributed by atoms with E-state index < -0.39 is 0 Å². The largest absolute Gasteiger partial charge is 0.508 e. The number of likely N-dealkylation sites (tertiary alicyclic amines) is 1. The van der Waals surface area contributed by atoms with E-state index in [2.05, 4.69) is 4.90 Å². The molecule has 2 rings (SSSR count). The van der Waals surface area contributed by atoms with E-state index in [1.165, 1.54) is 5.56 Å². The SMILES string of the molecule is Cl.NC1CCN(Cc2cccc(O)c2)CC1. The van der Waals surface area contributed by atoms with Gasteiger partial charge in [0.05, 0.1) is 0 Å². The van der Waals surface area contributed by atoms with Crippen LogP contribution in [0.1, 0.15) is 18.4 Å². The number of benzene rings is 1. The van der Waals surface area contributed by atoms with Crippen LogP contribution in [0.2, 0.25) is 0 Å². The normalized spacial score (nSPS) is 18.1. The average molecular weight is 243 g/mol. The van der Waals surface area contributed by atoms with Crippen molar-refractivity contribution in [2.75, 3.05) is 13.1 Å². The summed E-state index contributed by atoms with van der Waals surface area (Å²) in [7, 11) is 0. The number of nitrogens with two attached hydrogens (primary N) is 1. The third kappa shape index (κ3) is 3.67. The van der Waals surface area contributed by atoms with Crippen molar-refractivity contribution in [2.24, 2.45) is 5.73 Å². The molecule has 0 amide bonds. The predicted octanol–water partition coefficient (Wildman–Crippen LogP) is 1.74. The number of halogens is 1. The lowest BCUT2D eigenvalue weighted by molar-refractivity contribution is 0.205. The second-order valence-electron chi connectivity index (χ2n) is 4.28. The minimum Gasteiger partial charge on any atom is -0.508 e. The molecule has 0 unspecified atom stereocenters. The molecule has 0 radical (unpaired) electrons. The quantitative estimate of drug-likeness (QED) is 0.831. The van der Waals surface area contributed by atoms with Gasteiger partial charge in [0.25, 0.3) is 0 Å². The highest BCUT2D eigenvalue weighted by molar-refractivity contribution is 5.85. The van der Waals surface area contributed by atoms with Gasteiger partial charge in [-0.2, -0.15) is 0 Å². The van der Waals surface area contributed by atoms with Crippen LogP contribution in [0.25, 0.3) is 0 Å². The van der Waals surface area contributed by atoms with Crippen molar-refractivity contribution >= 4 is 12.4 Å². The van der Waals surface area contributed by atoms with E-state index in [0.29, 0.717) is 11.8 Å². The van der Waals surface area contributed by atoms with Gasteiger partial charge in [-0.15, -0.1) is 12.4 Å². The number of phenols is 1. The van der Waals surface area contributed by atoms with Crippen LogP contribution in [-0.2, 0) is 6.54 Å². The summed E-state index contributed by atoms with van der Waals surface area (Å²) in [5, 5.41) is 9.35. The van der Waals surface area contributed by atoms with Crippen molar-refractivity contribution in [3.8, 4) is 5.75 Å². The monoisotopic (exact) mass is 242 g/mol. The number of phenolic OH excluding ortho intramolecular Hbond substituents is 1. The van der Waals surface area contributed by atoms with Gasteiger partial charge in [-0.25, -0.2) is 0 Å². The molecule has 1 aliphatic rings. The second-order valence-corrected chi connectivity index (χ2v) is 4.28. The molecule has 3 nitrogen and oxygen atoms in total. The highest BCUT2D eigenvalue weighted by Gasteiger charge is 2.15. The third-order valence-electron chi connectivity index (χ3n) is 2.95. The lowest BCUT2D eigenvalue weighted by Gasteiger charge is -2.30. The van der Waals surface area contributed by atoms with Crippen molar-refractivity contribution < 1.29 is 5.11 Å². The fraction of sp³-hybridized carbons (Fsp3) is 0.500. The Kier molecular flexibility index (Phi) is 5.06. The Labute approximate surface area is 103 Å². The molecular formula is C12H19ClN2O. The van der Waals surface area contributed by atoms with Crippen LogP contribution >= 0.6 is 12.4 Å². The Hall–Kier alpha value is -0.770. The molecule has 0 aliphatic carbocycles. The topological polar surface area (TPSA) is 49.5 Å². The van der Waals surface area contributed by atoms with Gasteiger partial charge in [-0.05, 0) is 43.6 Å². The number of rotatable bonds is 2. The molecular weight excluding hydrogens is 224 g/mol. The average Bonchev–Trinajstić information content (AvgIpc) is 2.22. The minimum absolute atomic E-state index is 0. The van der Waals surface area contributed by atoms with Gasteiger partial charge in [-0.3, -0.25) is 4.90 Å². The number of nitrogens with zero attached hydrogens (tertiary/aromatic N) is 1. The van der Waals surface area contributed by atoms with Crippen molar-refractivity contribution in [2.45, 2.75) is 25.4 Å². The van der Waals surface area contributed by atoms with Crippen molar-refractivity contribution in [3.05, 3.63) is 29.8 Å². The van der Waals surface area contributed by atoms with Gasteiger partial charge in [-0.1, -0.05) is 12.1 Å². The van der Waals surface area contributed by atoms with Gasteiger partial charge in [0, 0.05) is 12.6 Å². The Balaban J connectivity index is 0.00000128. The summed E-state index contributed by atoms with van der Waals surface area (Å²) in [6.07, 6.45) is 2.16. The van der Waals surface area contributed by atoms with Crippen molar-refractivity contribution in [3.63, 3.8) is 0 Å². The molecule has 16 heavy (non-hydrogen) atoms. The van der Waals surface area contributed by atoms with E-state index in [1.807, 2.05) is 18.2 Å². The smallest absolute Gasteiger partial charge is 0.115 e. The molecule has 1 aromatic carbocycles. The van der Waals surface area contributed by atoms with Crippen LogP contribution < -0.4 is 5.73 Å². The number of hydrogen-bond acceptors (Lipinski definition) is 3. The summed E-state index contributed by atoms with van der Waals surface area (Å²) in [5.41, 5.74) is 7.02. The molecule has 0 aromatic heterocycles. The minimum atomic E-state index is 0. The number of hydrogen-bond donors (Lipinski definition) is 2. The van der Waals surface area contributed by atoms with Crippen LogP contribution in [-0.4, -0.2) is 29.1 Å². The number of aromatic hydroxyl groups is 1. The molecule has 3 N–H and O–H groups in total. The first-order valence-corrected chi connectivity index (χ1v) is 5.50. The Morgan fingerprint density at radius 2 is 2.00 bits per heavy atom. The van der Waals surface area contributed by atoms with Crippen molar-refractivity contribution in [1.82, 2.24) is 4.90 Å². The Morgan fingerprint density at radius 3 is 2.62 bits per heavy atom. The lowest BCUT2D eigenvalue weighted by atomic mass is 10.1. The van der Waals surface area contributed by atoms with Crippen LogP contribution in [0.4, 0.5) is 0 Å². The molecule has 90 valence electrons. The highest BCUT2D eigenvalue weighted by Crippen LogP contribution is 2.15. The summed E-state index contributed by atoms with van der Waals surface area (Å²) in [6.45, 7) is 3.05. The van der Waals surface area contributed by atoms with Gasteiger partial charge in [0.2, 0.25) is 0 Å². The molecule has 1 aliphatic heterocycles. The summed E-state index contributed by atoms with van der Waals surface area (Å²) >= 11 is 0. The van der Waals surface area contributed by atoms with Crippen LogP contribution in [0.15, 0.2) is 24.3 Å². The van der Waals surface area contributed by atoms with E-state index in [0.717, 1.165) is 32.5 Å². The molecule has 0 saturated carbocycles. The Morgan fingerprint density at radius 1 is 1.31 bits per heavy atom. The van der Waals surface area contributed by atoms with Crippen LogP contribution in [0, 0.1) is 0 Å². The number of piperidine rings is 1. The molecule has 1 fully saturated rings. The molecule has 4 heteroatoms. The maximum atomic E-state index is 9.35.